The molecule has 0 N–H and O–H groups in total. The zero-order valence-electron chi connectivity index (χ0n) is 17.4. The molecule has 156 valence electrons. The van der Waals surface area contributed by atoms with Crippen LogP contribution in [0.5, 0.6) is 17.2 Å². The summed E-state index contributed by atoms with van der Waals surface area (Å²) in [6.45, 7) is 3.70. The third-order valence-corrected chi connectivity index (χ3v) is 5.07. The maximum Gasteiger partial charge on any atom is 0.174 e. The Morgan fingerprint density at radius 1 is 0.900 bits per heavy atom. The Balaban J connectivity index is 1.55. The van der Waals surface area contributed by atoms with E-state index in [9.17, 15) is 0 Å². The number of hydrogen-bond donors (Lipinski definition) is 0. The van der Waals surface area contributed by atoms with E-state index in [0.29, 0.717) is 24.7 Å². The molecule has 1 fully saturated rings. The van der Waals surface area contributed by atoms with Gasteiger partial charge in [-0.2, -0.15) is 0 Å². The fourth-order valence-electron chi connectivity index (χ4n) is 3.46. The summed E-state index contributed by atoms with van der Waals surface area (Å²) in [7, 11) is 0. The second-order valence-electron chi connectivity index (χ2n) is 7.54. The topological polar surface area (TPSA) is 36.9 Å². The second kappa shape index (κ2) is 10.3. The molecule has 0 radical (unpaired) electrons. The van der Waals surface area contributed by atoms with Crippen LogP contribution < -0.4 is 9.47 Å². The van der Waals surface area contributed by atoms with Gasteiger partial charge in [-0.25, -0.2) is 0 Å². The molecule has 1 unspecified atom stereocenters. The molecule has 4 rings (SSSR count). The van der Waals surface area contributed by atoms with Crippen LogP contribution in [0.4, 0.5) is 0 Å². The summed E-state index contributed by atoms with van der Waals surface area (Å²) in [6.07, 6.45) is 3.01. The Labute approximate surface area is 178 Å². The van der Waals surface area contributed by atoms with Gasteiger partial charge in [-0.15, -0.1) is 0 Å². The normalized spacial score (nSPS) is 16.2. The van der Waals surface area contributed by atoms with Crippen LogP contribution >= 0.6 is 0 Å². The minimum Gasteiger partial charge on any atom is -0.485 e. The highest BCUT2D eigenvalue weighted by Crippen LogP contribution is 2.37. The molecule has 0 saturated carbocycles. The van der Waals surface area contributed by atoms with Crippen LogP contribution in [-0.4, -0.2) is 12.9 Å². The second-order valence-corrected chi connectivity index (χ2v) is 7.54. The number of rotatable bonds is 8. The molecule has 1 aliphatic heterocycles. The molecule has 0 aromatic heterocycles. The average molecular weight is 405 g/mol. The minimum atomic E-state index is -0.153. The van der Waals surface area contributed by atoms with Crippen molar-refractivity contribution in [2.45, 2.75) is 45.7 Å². The summed E-state index contributed by atoms with van der Waals surface area (Å²) in [4.78, 5) is 0. The van der Waals surface area contributed by atoms with Gasteiger partial charge >= 0.3 is 0 Å². The predicted octanol–water partition coefficient (Wildman–Crippen LogP) is 6.41. The van der Waals surface area contributed by atoms with Gasteiger partial charge in [0.15, 0.2) is 17.8 Å². The molecule has 0 aliphatic carbocycles. The molecule has 1 atom stereocenters. The summed E-state index contributed by atoms with van der Waals surface area (Å²) >= 11 is 0. The van der Waals surface area contributed by atoms with Crippen molar-refractivity contribution in [3.63, 3.8) is 0 Å². The molecule has 4 nitrogen and oxygen atoms in total. The third-order valence-electron chi connectivity index (χ3n) is 5.07. The molecular weight excluding hydrogens is 376 g/mol. The molecule has 0 amide bonds. The van der Waals surface area contributed by atoms with Gasteiger partial charge in [0, 0.05) is 12.2 Å². The van der Waals surface area contributed by atoms with Crippen molar-refractivity contribution in [2.24, 2.45) is 0 Å². The number of ether oxygens (including phenoxy) is 4. The minimum absolute atomic E-state index is 0.153. The largest absolute Gasteiger partial charge is 0.485 e. The van der Waals surface area contributed by atoms with E-state index in [-0.39, 0.29) is 6.29 Å². The Hall–Kier alpha value is -2.82. The van der Waals surface area contributed by atoms with Gasteiger partial charge in [-0.1, -0.05) is 54.6 Å². The van der Waals surface area contributed by atoms with E-state index in [1.54, 1.807) is 0 Å². The Kier molecular flexibility index (Phi) is 7.01. The predicted molar refractivity (Wildman–Crippen MR) is 117 cm³/mol. The van der Waals surface area contributed by atoms with Crippen molar-refractivity contribution in [2.75, 3.05) is 6.61 Å². The van der Waals surface area contributed by atoms with E-state index in [1.165, 1.54) is 0 Å². The summed E-state index contributed by atoms with van der Waals surface area (Å²) in [5.41, 5.74) is 3.19. The first-order valence-corrected chi connectivity index (χ1v) is 10.5. The quantitative estimate of drug-likeness (QED) is 0.435. The molecular formula is C26H28O4. The average Bonchev–Trinajstić information content (AvgIpc) is 2.79. The van der Waals surface area contributed by atoms with Gasteiger partial charge in [-0.3, -0.25) is 0 Å². The molecule has 0 spiro atoms. The van der Waals surface area contributed by atoms with E-state index in [0.717, 1.165) is 48.3 Å². The Morgan fingerprint density at radius 3 is 2.57 bits per heavy atom. The van der Waals surface area contributed by atoms with E-state index in [2.05, 4.69) is 25.1 Å². The molecule has 3 aromatic rings. The highest BCUT2D eigenvalue weighted by atomic mass is 16.7. The van der Waals surface area contributed by atoms with Gasteiger partial charge in [0.25, 0.3) is 0 Å². The first kappa shape index (κ1) is 20.5. The summed E-state index contributed by atoms with van der Waals surface area (Å²) < 4.78 is 24.2. The van der Waals surface area contributed by atoms with Crippen LogP contribution in [0.1, 0.15) is 36.0 Å². The van der Waals surface area contributed by atoms with Crippen molar-refractivity contribution in [1.82, 2.24) is 0 Å². The zero-order chi connectivity index (χ0) is 20.6. The number of para-hydroxylation sites is 1. The van der Waals surface area contributed by atoms with Crippen molar-refractivity contribution >= 4 is 0 Å². The van der Waals surface area contributed by atoms with Crippen LogP contribution in [0.2, 0.25) is 0 Å². The van der Waals surface area contributed by atoms with Crippen molar-refractivity contribution in [3.05, 3.63) is 89.5 Å². The lowest BCUT2D eigenvalue weighted by Gasteiger charge is -2.23. The van der Waals surface area contributed by atoms with Crippen LogP contribution in [0.25, 0.3) is 0 Å². The van der Waals surface area contributed by atoms with Crippen LogP contribution in [0.3, 0.4) is 0 Å². The monoisotopic (exact) mass is 404 g/mol. The third kappa shape index (κ3) is 5.62. The SMILES string of the molecule is Cc1cccc(Oc2c(COC3CCCCO3)cccc2OCc2ccccc2)c1. The van der Waals surface area contributed by atoms with Crippen LogP contribution in [-0.2, 0) is 22.7 Å². The molecule has 3 aromatic carbocycles. The Morgan fingerprint density at radius 2 is 1.77 bits per heavy atom. The number of hydrogen-bond acceptors (Lipinski definition) is 4. The number of aryl methyl sites for hydroxylation is 1. The fraction of sp³-hybridized carbons (Fsp3) is 0.308. The van der Waals surface area contributed by atoms with Crippen molar-refractivity contribution in [3.8, 4) is 17.2 Å². The maximum absolute atomic E-state index is 6.30. The summed E-state index contributed by atoms with van der Waals surface area (Å²) in [5, 5.41) is 0. The highest BCUT2D eigenvalue weighted by molar-refractivity contribution is 5.49. The van der Waals surface area contributed by atoms with E-state index >= 15 is 0 Å². The fourth-order valence-corrected chi connectivity index (χ4v) is 3.46. The lowest BCUT2D eigenvalue weighted by Crippen LogP contribution is -2.22. The van der Waals surface area contributed by atoms with Crippen molar-refractivity contribution < 1.29 is 18.9 Å². The lowest BCUT2D eigenvalue weighted by molar-refractivity contribution is -0.169. The Bertz CT molecular complexity index is 933. The highest BCUT2D eigenvalue weighted by Gasteiger charge is 2.18. The molecule has 30 heavy (non-hydrogen) atoms. The van der Waals surface area contributed by atoms with Gasteiger partial charge in [0.05, 0.1) is 6.61 Å². The van der Waals surface area contributed by atoms with E-state index in [4.69, 9.17) is 18.9 Å². The number of benzene rings is 3. The first-order valence-electron chi connectivity index (χ1n) is 10.5. The smallest absolute Gasteiger partial charge is 0.174 e. The first-order chi connectivity index (χ1) is 14.8. The van der Waals surface area contributed by atoms with Crippen LogP contribution in [0, 0.1) is 6.92 Å². The summed E-state index contributed by atoms with van der Waals surface area (Å²) in [5.74, 6) is 2.17. The maximum atomic E-state index is 6.30. The van der Waals surface area contributed by atoms with Crippen LogP contribution in [0.15, 0.2) is 72.8 Å². The van der Waals surface area contributed by atoms with Crippen molar-refractivity contribution in [1.29, 1.82) is 0 Å². The van der Waals surface area contributed by atoms with Gasteiger partial charge in [0.2, 0.25) is 0 Å². The van der Waals surface area contributed by atoms with Gasteiger partial charge < -0.3 is 18.9 Å². The molecule has 1 heterocycles. The lowest BCUT2D eigenvalue weighted by atomic mass is 10.1. The van der Waals surface area contributed by atoms with Gasteiger partial charge in [0.1, 0.15) is 12.4 Å². The standard InChI is InChI=1S/C26H28O4/c1-20-9-7-13-23(17-20)30-26-22(19-29-25-15-5-6-16-27-25)12-8-14-24(26)28-18-21-10-3-2-4-11-21/h2-4,7-14,17,25H,5-6,15-16,18-19H2,1H3. The van der Waals surface area contributed by atoms with Gasteiger partial charge in [-0.05, 0) is 55.5 Å². The molecule has 1 aliphatic rings. The molecule has 4 heteroatoms. The molecule has 0 bridgehead atoms. The zero-order valence-corrected chi connectivity index (χ0v) is 17.4. The molecule has 1 saturated heterocycles. The van der Waals surface area contributed by atoms with E-state index < -0.39 is 0 Å². The van der Waals surface area contributed by atoms with E-state index in [1.807, 2.05) is 54.6 Å². The summed E-state index contributed by atoms with van der Waals surface area (Å²) in [6, 6.07) is 24.1.